The Labute approximate surface area is 144 Å². The van der Waals surface area contributed by atoms with E-state index in [-0.39, 0.29) is 11.5 Å². The van der Waals surface area contributed by atoms with Gasteiger partial charge in [-0.25, -0.2) is 9.37 Å². The van der Waals surface area contributed by atoms with Crippen LogP contribution in [0.25, 0.3) is 11.3 Å². The summed E-state index contributed by atoms with van der Waals surface area (Å²) in [5.41, 5.74) is 2.26. The van der Waals surface area contributed by atoms with Crippen LogP contribution < -0.4 is 0 Å². The maximum absolute atomic E-state index is 13.8. The summed E-state index contributed by atoms with van der Waals surface area (Å²) in [6.07, 6.45) is 0.825. The van der Waals surface area contributed by atoms with Gasteiger partial charge < -0.3 is 4.98 Å². The van der Waals surface area contributed by atoms with Crippen LogP contribution in [0.15, 0.2) is 48.5 Å². The maximum Gasteiger partial charge on any atom is 0.141 e. The average molecular weight is 340 g/mol. The second-order valence-corrected chi connectivity index (χ2v) is 6.06. The summed E-state index contributed by atoms with van der Waals surface area (Å²) in [6.45, 7) is 2.06. The first-order chi connectivity index (χ1) is 11.6. The van der Waals surface area contributed by atoms with E-state index < -0.39 is 5.82 Å². The van der Waals surface area contributed by atoms with Crippen molar-refractivity contribution < 1.29 is 4.39 Å². The van der Waals surface area contributed by atoms with E-state index >= 15 is 0 Å². The maximum atomic E-state index is 13.8. The predicted octanol–water partition coefficient (Wildman–Crippen LogP) is 5.09. The van der Waals surface area contributed by atoms with Crippen LogP contribution in [0.1, 0.15) is 29.8 Å². The van der Waals surface area contributed by atoms with Gasteiger partial charge in [-0.2, -0.15) is 5.26 Å². The van der Waals surface area contributed by atoms with E-state index in [1.165, 1.54) is 17.7 Å². The highest BCUT2D eigenvalue weighted by Gasteiger charge is 2.17. The summed E-state index contributed by atoms with van der Waals surface area (Å²) in [5.74, 6) is 0.318. The van der Waals surface area contributed by atoms with Crippen molar-refractivity contribution in [3.63, 3.8) is 0 Å². The Hall–Kier alpha value is -2.64. The summed E-state index contributed by atoms with van der Waals surface area (Å²) in [6, 6.07) is 16.3. The number of hydrogen-bond donors (Lipinski definition) is 1. The molecule has 0 radical (unpaired) electrons. The normalized spacial score (nSPS) is 11.9. The van der Waals surface area contributed by atoms with Crippen molar-refractivity contribution in [3.05, 3.63) is 76.5 Å². The smallest absolute Gasteiger partial charge is 0.141 e. The van der Waals surface area contributed by atoms with Crippen LogP contribution in [0, 0.1) is 17.1 Å². The van der Waals surface area contributed by atoms with Crippen LogP contribution in [0.2, 0.25) is 5.15 Å². The van der Waals surface area contributed by atoms with Gasteiger partial charge in [-0.15, -0.1) is 0 Å². The molecule has 120 valence electrons. The number of aromatic nitrogens is 2. The zero-order chi connectivity index (χ0) is 17.1. The molecule has 5 heteroatoms. The zero-order valence-corrected chi connectivity index (χ0v) is 13.8. The van der Waals surface area contributed by atoms with E-state index in [1.54, 1.807) is 12.1 Å². The SMILES string of the molecule is C[C@@H](Cc1ccccc1)c1nc(-c2ccc(C#N)c(F)c2)c(Cl)[nH]1. The average Bonchev–Trinajstić information content (AvgIpc) is 2.98. The molecule has 0 amide bonds. The highest BCUT2D eigenvalue weighted by molar-refractivity contribution is 6.31. The summed E-state index contributed by atoms with van der Waals surface area (Å²) in [7, 11) is 0. The second-order valence-electron chi connectivity index (χ2n) is 5.68. The molecule has 1 N–H and O–H groups in total. The molecule has 0 saturated carbocycles. The Morgan fingerprint density at radius 2 is 2.00 bits per heavy atom. The van der Waals surface area contributed by atoms with Crippen LogP contribution in [0.5, 0.6) is 0 Å². The molecule has 1 atom stereocenters. The third-order valence-electron chi connectivity index (χ3n) is 3.89. The molecule has 0 bridgehead atoms. The van der Waals surface area contributed by atoms with Crippen LogP contribution in [0.3, 0.4) is 0 Å². The lowest BCUT2D eigenvalue weighted by molar-refractivity contribution is 0.624. The highest BCUT2D eigenvalue weighted by atomic mass is 35.5. The fraction of sp³-hybridized carbons (Fsp3) is 0.158. The number of benzene rings is 2. The van der Waals surface area contributed by atoms with Gasteiger partial charge >= 0.3 is 0 Å². The largest absolute Gasteiger partial charge is 0.332 e. The van der Waals surface area contributed by atoms with E-state index in [4.69, 9.17) is 16.9 Å². The van der Waals surface area contributed by atoms with Crippen molar-refractivity contribution in [2.45, 2.75) is 19.3 Å². The van der Waals surface area contributed by atoms with Gasteiger partial charge in [0.1, 0.15) is 28.6 Å². The number of nitrogens with one attached hydrogen (secondary N) is 1. The number of imidazole rings is 1. The first-order valence-electron chi connectivity index (χ1n) is 7.58. The van der Waals surface area contributed by atoms with Gasteiger partial charge in [0, 0.05) is 11.5 Å². The van der Waals surface area contributed by atoms with Crippen LogP contribution in [0.4, 0.5) is 4.39 Å². The molecule has 2 aromatic carbocycles. The molecule has 0 aliphatic rings. The zero-order valence-electron chi connectivity index (χ0n) is 13.1. The molecule has 3 nitrogen and oxygen atoms in total. The quantitative estimate of drug-likeness (QED) is 0.720. The van der Waals surface area contributed by atoms with Crippen molar-refractivity contribution in [1.29, 1.82) is 5.26 Å². The molecule has 3 rings (SSSR count). The van der Waals surface area contributed by atoms with Gasteiger partial charge in [0.25, 0.3) is 0 Å². The number of halogens is 2. The van der Waals surface area contributed by atoms with E-state index in [9.17, 15) is 4.39 Å². The van der Waals surface area contributed by atoms with Gasteiger partial charge in [0.05, 0.1) is 5.56 Å². The van der Waals surface area contributed by atoms with Gasteiger partial charge in [0.2, 0.25) is 0 Å². The Kier molecular flexibility index (Phi) is 4.64. The lowest BCUT2D eigenvalue weighted by Crippen LogP contribution is -2.00. The van der Waals surface area contributed by atoms with Crippen molar-refractivity contribution in [3.8, 4) is 17.3 Å². The van der Waals surface area contributed by atoms with Crippen molar-refractivity contribution in [2.24, 2.45) is 0 Å². The van der Waals surface area contributed by atoms with E-state index in [0.29, 0.717) is 16.4 Å². The summed E-state index contributed by atoms with van der Waals surface area (Å²) >= 11 is 6.25. The second kappa shape index (κ2) is 6.86. The first-order valence-corrected chi connectivity index (χ1v) is 7.95. The van der Waals surface area contributed by atoms with Crippen molar-refractivity contribution in [2.75, 3.05) is 0 Å². The van der Waals surface area contributed by atoms with Crippen LogP contribution in [-0.2, 0) is 6.42 Å². The number of nitriles is 1. The van der Waals surface area contributed by atoms with Crippen molar-refractivity contribution in [1.82, 2.24) is 9.97 Å². The number of hydrogen-bond acceptors (Lipinski definition) is 2. The Bertz CT molecular complexity index is 897. The minimum absolute atomic E-state index is 0.00285. The minimum atomic E-state index is -0.576. The fourth-order valence-corrected chi connectivity index (χ4v) is 2.86. The third-order valence-corrected chi connectivity index (χ3v) is 4.17. The summed E-state index contributed by atoms with van der Waals surface area (Å²) in [5, 5.41) is 9.18. The monoisotopic (exact) mass is 339 g/mol. The molecule has 0 aliphatic heterocycles. The Morgan fingerprint density at radius 1 is 1.25 bits per heavy atom. The minimum Gasteiger partial charge on any atom is -0.332 e. The molecule has 0 fully saturated rings. The number of nitrogens with zero attached hydrogens (tertiary/aromatic N) is 2. The van der Waals surface area contributed by atoms with E-state index in [0.717, 1.165) is 12.2 Å². The van der Waals surface area contributed by atoms with Crippen molar-refractivity contribution >= 4 is 11.6 Å². The fourth-order valence-electron chi connectivity index (χ4n) is 2.61. The Morgan fingerprint density at radius 3 is 2.67 bits per heavy atom. The van der Waals surface area contributed by atoms with Crippen LogP contribution in [-0.4, -0.2) is 9.97 Å². The van der Waals surface area contributed by atoms with E-state index in [2.05, 4.69) is 29.0 Å². The molecular formula is C19H15ClFN3. The molecule has 0 aliphatic carbocycles. The lowest BCUT2D eigenvalue weighted by atomic mass is 10.0. The van der Waals surface area contributed by atoms with E-state index in [1.807, 2.05) is 18.2 Å². The third kappa shape index (κ3) is 3.32. The molecule has 0 spiro atoms. The summed E-state index contributed by atoms with van der Waals surface area (Å²) in [4.78, 5) is 7.61. The molecule has 0 saturated heterocycles. The van der Waals surface area contributed by atoms with Gasteiger partial charge in [-0.1, -0.05) is 54.9 Å². The van der Waals surface area contributed by atoms with Gasteiger partial charge in [0.15, 0.2) is 0 Å². The molecule has 3 aromatic rings. The predicted molar refractivity (Wildman–Crippen MR) is 92.3 cm³/mol. The van der Waals surface area contributed by atoms with Gasteiger partial charge in [-0.05, 0) is 24.1 Å². The number of H-pyrrole nitrogens is 1. The summed E-state index contributed by atoms with van der Waals surface area (Å²) < 4.78 is 13.8. The molecule has 24 heavy (non-hydrogen) atoms. The first kappa shape index (κ1) is 16.2. The molecule has 0 unspecified atom stereocenters. The Balaban J connectivity index is 1.87. The molecule has 1 aromatic heterocycles. The molecular weight excluding hydrogens is 325 g/mol. The standard InChI is InChI=1S/C19H15ClFN3/c1-12(9-13-5-3-2-4-6-13)19-23-17(18(20)24-19)14-7-8-15(11-22)16(21)10-14/h2-8,10,12H,9H2,1H3,(H,23,24)/t12-/m0/s1. The lowest BCUT2D eigenvalue weighted by Gasteiger charge is -2.08. The number of rotatable bonds is 4. The van der Waals surface area contributed by atoms with Crippen LogP contribution >= 0.6 is 11.6 Å². The topological polar surface area (TPSA) is 52.5 Å². The van der Waals surface area contributed by atoms with Gasteiger partial charge in [-0.3, -0.25) is 0 Å². The number of aromatic amines is 1. The highest BCUT2D eigenvalue weighted by Crippen LogP contribution is 2.30. The molecule has 1 heterocycles.